The summed E-state index contributed by atoms with van der Waals surface area (Å²) < 4.78 is 0. The summed E-state index contributed by atoms with van der Waals surface area (Å²) >= 11 is 1.66. The largest absolute Gasteiger partial charge is 0.342 e. The van der Waals surface area contributed by atoms with Crippen LogP contribution in [0.15, 0.2) is 16.8 Å². The van der Waals surface area contributed by atoms with Crippen molar-refractivity contribution in [1.29, 1.82) is 0 Å². The molecule has 106 valence electrons. The quantitative estimate of drug-likeness (QED) is 0.930. The Hall–Kier alpha value is -0.580. The normalized spacial score (nSPS) is 28.8. The maximum Gasteiger partial charge on any atom is 0.227 e. The van der Waals surface area contributed by atoms with Gasteiger partial charge in [0.2, 0.25) is 5.91 Å². The fourth-order valence-electron chi connectivity index (χ4n) is 3.24. The van der Waals surface area contributed by atoms with Crippen molar-refractivity contribution in [2.45, 2.75) is 50.2 Å². The van der Waals surface area contributed by atoms with Gasteiger partial charge in [0, 0.05) is 25.2 Å². The Balaban J connectivity index is 0.00000133. The van der Waals surface area contributed by atoms with Crippen molar-refractivity contribution in [3.63, 3.8) is 0 Å². The first-order valence-electron chi connectivity index (χ1n) is 6.75. The predicted molar refractivity (Wildman–Crippen MR) is 81.0 cm³/mol. The molecule has 0 aromatic carbocycles. The first-order chi connectivity index (χ1) is 8.72. The summed E-state index contributed by atoms with van der Waals surface area (Å²) in [6.45, 7) is 0. The molecule has 1 N–H and O–H groups in total. The van der Waals surface area contributed by atoms with Crippen LogP contribution in [-0.2, 0) is 11.2 Å². The zero-order valence-corrected chi connectivity index (χ0v) is 12.8. The Bertz CT molecular complexity index is 411. The minimum Gasteiger partial charge on any atom is -0.342 e. The van der Waals surface area contributed by atoms with Crippen LogP contribution in [0.3, 0.4) is 0 Å². The van der Waals surface area contributed by atoms with Crippen LogP contribution < -0.4 is 5.32 Å². The molecule has 2 atom stereocenters. The van der Waals surface area contributed by atoms with Gasteiger partial charge in [0.05, 0.1) is 6.42 Å². The number of amides is 1. The highest BCUT2D eigenvalue weighted by Crippen LogP contribution is 2.29. The second-order valence-electron chi connectivity index (χ2n) is 5.58. The topological polar surface area (TPSA) is 32.3 Å². The Morgan fingerprint density at radius 3 is 2.68 bits per heavy atom. The van der Waals surface area contributed by atoms with Crippen molar-refractivity contribution < 1.29 is 4.79 Å². The number of likely N-dealkylation sites (N-methyl/N-ethyl adjacent to an activating group) is 1. The fraction of sp³-hybridized carbons (Fsp3) is 0.643. The molecular weight excluding hydrogens is 280 g/mol. The summed E-state index contributed by atoms with van der Waals surface area (Å²) in [4.78, 5) is 14.2. The van der Waals surface area contributed by atoms with E-state index in [0.717, 1.165) is 18.4 Å². The lowest BCUT2D eigenvalue weighted by molar-refractivity contribution is -0.131. The summed E-state index contributed by atoms with van der Waals surface area (Å²) in [6, 6.07) is 3.77. The molecule has 3 heterocycles. The number of halogens is 1. The average molecular weight is 301 g/mol. The summed E-state index contributed by atoms with van der Waals surface area (Å²) in [5.41, 5.74) is 1.15. The van der Waals surface area contributed by atoms with Gasteiger partial charge >= 0.3 is 0 Å². The molecule has 2 bridgehead atoms. The molecule has 0 radical (unpaired) electrons. The van der Waals surface area contributed by atoms with E-state index in [1.807, 2.05) is 23.4 Å². The lowest BCUT2D eigenvalue weighted by Crippen LogP contribution is -2.49. The lowest BCUT2D eigenvalue weighted by atomic mass is 9.98. The van der Waals surface area contributed by atoms with E-state index in [-0.39, 0.29) is 18.3 Å². The van der Waals surface area contributed by atoms with Gasteiger partial charge in [-0.1, -0.05) is 0 Å². The minimum absolute atomic E-state index is 0. The molecular formula is C14H21ClN2OS. The zero-order valence-electron chi connectivity index (χ0n) is 11.2. The van der Waals surface area contributed by atoms with Crippen LogP contribution in [-0.4, -0.2) is 36.0 Å². The van der Waals surface area contributed by atoms with Crippen LogP contribution in [0, 0.1) is 0 Å². The van der Waals surface area contributed by atoms with Crippen molar-refractivity contribution in [3.05, 3.63) is 22.4 Å². The third kappa shape index (κ3) is 3.30. The molecule has 2 aliphatic heterocycles. The molecule has 2 saturated heterocycles. The van der Waals surface area contributed by atoms with Crippen molar-refractivity contribution in [2.75, 3.05) is 7.05 Å². The summed E-state index contributed by atoms with van der Waals surface area (Å²) in [5, 5.41) is 7.73. The van der Waals surface area contributed by atoms with Gasteiger partial charge in [-0.2, -0.15) is 11.3 Å². The van der Waals surface area contributed by atoms with Gasteiger partial charge in [-0.05, 0) is 48.1 Å². The number of piperidine rings is 1. The van der Waals surface area contributed by atoms with Gasteiger partial charge in [0.15, 0.2) is 0 Å². The molecule has 0 spiro atoms. The highest BCUT2D eigenvalue weighted by Gasteiger charge is 2.36. The monoisotopic (exact) mass is 300 g/mol. The third-order valence-electron chi connectivity index (χ3n) is 4.32. The molecule has 19 heavy (non-hydrogen) atoms. The van der Waals surface area contributed by atoms with Gasteiger partial charge in [-0.3, -0.25) is 4.79 Å². The first-order valence-corrected chi connectivity index (χ1v) is 7.69. The van der Waals surface area contributed by atoms with Crippen LogP contribution in [0.4, 0.5) is 0 Å². The SMILES string of the molecule is CN(C(=O)Cc1ccsc1)C1CC2CCC(C1)N2.Cl. The van der Waals surface area contributed by atoms with E-state index in [4.69, 9.17) is 0 Å². The van der Waals surface area contributed by atoms with Crippen molar-refractivity contribution in [3.8, 4) is 0 Å². The van der Waals surface area contributed by atoms with E-state index in [1.54, 1.807) is 11.3 Å². The Morgan fingerprint density at radius 1 is 1.42 bits per heavy atom. The van der Waals surface area contributed by atoms with E-state index < -0.39 is 0 Å². The van der Waals surface area contributed by atoms with Gasteiger partial charge in [0.25, 0.3) is 0 Å². The lowest BCUT2D eigenvalue weighted by Gasteiger charge is -2.35. The molecule has 0 saturated carbocycles. The van der Waals surface area contributed by atoms with E-state index >= 15 is 0 Å². The van der Waals surface area contributed by atoms with E-state index in [2.05, 4.69) is 10.7 Å². The summed E-state index contributed by atoms with van der Waals surface area (Å²) in [7, 11) is 1.98. The number of nitrogens with one attached hydrogen (secondary N) is 1. The highest BCUT2D eigenvalue weighted by atomic mass is 35.5. The smallest absolute Gasteiger partial charge is 0.227 e. The first kappa shape index (κ1) is 14.8. The predicted octanol–water partition coefficient (Wildman–Crippen LogP) is 2.45. The molecule has 3 nitrogen and oxygen atoms in total. The van der Waals surface area contributed by atoms with Crippen LogP contribution in [0.2, 0.25) is 0 Å². The standard InChI is InChI=1S/C14H20N2OS.ClH/c1-16(14(17)6-10-4-5-18-9-10)13-7-11-2-3-12(8-13)15-11;/h4-5,9,11-13,15H,2-3,6-8H2,1H3;1H. The third-order valence-corrected chi connectivity index (χ3v) is 5.06. The molecule has 2 unspecified atom stereocenters. The average Bonchev–Trinajstić information content (AvgIpc) is 2.98. The number of nitrogens with zero attached hydrogens (tertiary/aromatic N) is 1. The van der Waals surface area contributed by atoms with Crippen molar-refractivity contribution in [2.24, 2.45) is 0 Å². The Kier molecular flexibility index (Phi) is 4.87. The number of hydrogen-bond acceptors (Lipinski definition) is 3. The van der Waals surface area contributed by atoms with Gasteiger partial charge in [-0.15, -0.1) is 12.4 Å². The van der Waals surface area contributed by atoms with Crippen LogP contribution >= 0.6 is 23.7 Å². The Morgan fingerprint density at radius 2 is 2.11 bits per heavy atom. The van der Waals surface area contributed by atoms with E-state index in [9.17, 15) is 4.79 Å². The number of thiophene rings is 1. The van der Waals surface area contributed by atoms with Gasteiger partial charge in [-0.25, -0.2) is 0 Å². The van der Waals surface area contributed by atoms with Gasteiger partial charge in [0.1, 0.15) is 0 Å². The number of carbonyl (C=O) groups excluding carboxylic acids is 1. The second kappa shape index (κ2) is 6.25. The maximum atomic E-state index is 12.3. The van der Waals surface area contributed by atoms with E-state index in [0.29, 0.717) is 24.5 Å². The maximum absolute atomic E-state index is 12.3. The fourth-order valence-corrected chi connectivity index (χ4v) is 3.91. The summed E-state index contributed by atoms with van der Waals surface area (Å²) in [6.07, 6.45) is 5.38. The molecule has 2 aliphatic rings. The molecule has 5 heteroatoms. The van der Waals surface area contributed by atoms with Crippen LogP contribution in [0.5, 0.6) is 0 Å². The molecule has 0 aliphatic carbocycles. The highest BCUT2D eigenvalue weighted by molar-refractivity contribution is 7.07. The molecule has 1 amide bonds. The molecule has 3 rings (SSSR count). The molecule has 2 fully saturated rings. The zero-order chi connectivity index (χ0) is 12.5. The van der Waals surface area contributed by atoms with Crippen LogP contribution in [0.25, 0.3) is 0 Å². The number of hydrogen-bond donors (Lipinski definition) is 1. The van der Waals surface area contributed by atoms with Crippen molar-refractivity contribution in [1.82, 2.24) is 10.2 Å². The van der Waals surface area contributed by atoms with Gasteiger partial charge < -0.3 is 10.2 Å². The number of carbonyl (C=O) groups is 1. The molecule has 1 aromatic rings. The van der Waals surface area contributed by atoms with E-state index in [1.165, 1.54) is 12.8 Å². The second-order valence-corrected chi connectivity index (χ2v) is 6.36. The number of fused-ring (bicyclic) bond motifs is 2. The van der Waals surface area contributed by atoms with Crippen molar-refractivity contribution >= 4 is 29.7 Å². The summed E-state index contributed by atoms with van der Waals surface area (Å²) in [5.74, 6) is 0.264. The molecule has 1 aromatic heterocycles. The van der Waals surface area contributed by atoms with Crippen LogP contribution in [0.1, 0.15) is 31.2 Å². The minimum atomic E-state index is 0. The Labute approximate surface area is 124 Å². The number of rotatable bonds is 3.